The van der Waals surface area contributed by atoms with Crippen molar-refractivity contribution in [1.29, 1.82) is 0 Å². The van der Waals surface area contributed by atoms with Crippen LogP contribution in [0.1, 0.15) is 92.5 Å². The van der Waals surface area contributed by atoms with Crippen LogP contribution in [0.25, 0.3) is 6.08 Å². The SMILES string of the molecule is CCCCCCc1cccc(C=C(C)C(=O)c2c(O)cc(C(C)CCC=CNC(=O)O)oc2=O)c1. The summed E-state index contributed by atoms with van der Waals surface area (Å²) in [6.45, 7) is 5.61. The molecule has 7 nitrogen and oxygen atoms in total. The van der Waals surface area contributed by atoms with Crippen molar-refractivity contribution in [2.24, 2.45) is 0 Å². The number of carbonyl (C=O) groups excluding carboxylic acids is 1. The first-order valence-electron chi connectivity index (χ1n) is 12.1. The molecule has 1 heterocycles. The maximum Gasteiger partial charge on any atom is 0.408 e. The fourth-order valence-electron chi connectivity index (χ4n) is 3.76. The molecule has 7 heteroatoms. The Balaban J connectivity index is 2.11. The number of hydrogen-bond donors (Lipinski definition) is 3. The molecule has 1 atom stereocenters. The molecule has 1 aromatic carbocycles. The van der Waals surface area contributed by atoms with Gasteiger partial charge in [0, 0.05) is 18.2 Å². The predicted molar refractivity (Wildman–Crippen MR) is 137 cm³/mol. The molecule has 2 rings (SSSR count). The number of ketones is 1. The fraction of sp³-hybridized carbons (Fsp3) is 0.393. The van der Waals surface area contributed by atoms with E-state index < -0.39 is 23.3 Å². The Hall–Kier alpha value is -3.61. The number of aryl methyl sites for hydroxylation is 1. The smallest absolute Gasteiger partial charge is 0.408 e. The van der Waals surface area contributed by atoms with Gasteiger partial charge < -0.3 is 14.6 Å². The normalized spacial score (nSPS) is 12.6. The number of amides is 1. The van der Waals surface area contributed by atoms with E-state index >= 15 is 0 Å². The Kier molecular flexibility index (Phi) is 11.0. The minimum Gasteiger partial charge on any atom is -0.507 e. The third-order valence-electron chi connectivity index (χ3n) is 5.76. The molecule has 1 aromatic heterocycles. The second-order valence-electron chi connectivity index (χ2n) is 8.74. The molecule has 0 radical (unpaired) electrons. The van der Waals surface area contributed by atoms with E-state index in [1.165, 1.54) is 37.1 Å². The zero-order valence-electron chi connectivity index (χ0n) is 20.7. The molecule has 0 aliphatic rings. The zero-order valence-corrected chi connectivity index (χ0v) is 20.7. The average Bonchev–Trinajstić information content (AvgIpc) is 2.81. The fourth-order valence-corrected chi connectivity index (χ4v) is 3.76. The van der Waals surface area contributed by atoms with Crippen LogP contribution in [0, 0.1) is 0 Å². The van der Waals surface area contributed by atoms with Crippen molar-refractivity contribution in [3.05, 3.63) is 81.1 Å². The summed E-state index contributed by atoms with van der Waals surface area (Å²) in [6.07, 6.45) is 10.3. The van der Waals surface area contributed by atoms with Crippen LogP contribution >= 0.6 is 0 Å². The van der Waals surface area contributed by atoms with E-state index in [1.54, 1.807) is 19.1 Å². The number of nitrogens with one attached hydrogen (secondary N) is 1. The third-order valence-corrected chi connectivity index (χ3v) is 5.76. The van der Waals surface area contributed by atoms with Crippen LogP contribution in [0.3, 0.4) is 0 Å². The van der Waals surface area contributed by atoms with Gasteiger partial charge in [-0.15, -0.1) is 0 Å². The molecule has 2 aromatic rings. The predicted octanol–water partition coefficient (Wildman–Crippen LogP) is 6.42. The molecular weight excluding hydrogens is 446 g/mol. The molecule has 35 heavy (non-hydrogen) atoms. The van der Waals surface area contributed by atoms with Crippen LogP contribution in [-0.4, -0.2) is 22.1 Å². The van der Waals surface area contributed by atoms with Crippen LogP contribution in [-0.2, 0) is 6.42 Å². The number of carboxylic acid groups (broad SMARTS) is 1. The number of benzene rings is 1. The molecule has 0 spiro atoms. The highest BCUT2D eigenvalue weighted by atomic mass is 16.4. The number of carbonyl (C=O) groups is 2. The number of rotatable bonds is 13. The third kappa shape index (κ3) is 8.92. The van der Waals surface area contributed by atoms with Crippen LogP contribution in [0.15, 0.2) is 57.4 Å². The van der Waals surface area contributed by atoms with Gasteiger partial charge in [-0.1, -0.05) is 63.5 Å². The number of Topliss-reactive ketones (excluding diaryl/α,β-unsaturated/α-hetero) is 1. The molecule has 1 amide bonds. The van der Waals surface area contributed by atoms with Crippen molar-refractivity contribution < 1.29 is 24.2 Å². The van der Waals surface area contributed by atoms with E-state index in [9.17, 15) is 19.5 Å². The maximum absolute atomic E-state index is 12.9. The first-order valence-corrected chi connectivity index (χ1v) is 12.1. The number of aromatic hydroxyl groups is 1. The van der Waals surface area contributed by atoms with Gasteiger partial charge in [-0.05, 0) is 55.4 Å². The molecule has 3 N–H and O–H groups in total. The Bertz CT molecular complexity index is 1130. The van der Waals surface area contributed by atoms with Gasteiger partial charge in [-0.3, -0.25) is 10.1 Å². The quantitative estimate of drug-likeness (QED) is 0.173. The summed E-state index contributed by atoms with van der Waals surface area (Å²) in [5, 5.41) is 21.1. The van der Waals surface area contributed by atoms with Crippen molar-refractivity contribution >= 4 is 18.0 Å². The van der Waals surface area contributed by atoms with Crippen LogP contribution < -0.4 is 10.9 Å². The van der Waals surface area contributed by atoms with Gasteiger partial charge in [0.25, 0.3) is 0 Å². The summed E-state index contributed by atoms with van der Waals surface area (Å²) in [7, 11) is 0. The Morgan fingerprint density at radius 3 is 2.63 bits per heavy atom. The zero-order chi connectivity index (χ0) is 25.8. The van der Waals surface area contributed by atoms with Crippen LogP contribution in [0.5, 0.6) is 5.75 Å². The molecule has 0 fully saturated rings. The van der Waals surface area contributed by atoms with E-state index in [2.05, 4.69) is 18.3 Å². The summed E-state index contributed by atoms with van der Waals surface area (Å²) in [4.78, 5) is 36.0. The lowest BCUT2D eigenvalue weighted by Crippen LogP contribution is -2.16. The monoisotopic (exact) mass is 481 g/mol. The molecule has 0 aliphatic carbocycles. The summed E-state index contributed by atoms with van der Waals surface area (Å²) in [5.74, 6) is -0.940. The van der Waals surface area contributed by atoms with Gasteiger partial charge in [-0.2, -0.15) is 0 Å². The lowest BCUT2D eigenvalue weighted by Gasteiger charge is -2.11. The largest absolute Gasteiger partial charge is 0.507 e. The van der Waals surface area contributed by atoms with Gasteiger partial charge in [0.2, 0.25) is 0 Å². The van der Waals surface area contributed by atoms with E-state index in [0.29, 0.717) is 18.4 Å². The minimum atomic E-state index is -1.15. The summed E-state index contributed by atoms with van der Waals surface area (Å²) < 4.78 is 5.35. The molecule has 1 unspecified atom stereocenters. The van der Waals surface area contributed by atoms with E-state index in [0.717, 1.165) is 18.4 Å². The minimum absolute atomic E-state index is 0.219. The van der Waals surface area contributed by atoms with Crippen molar-refractivity contribution in [2.45, 2.75) is 71.6 Å². The van der Waals surface area contributed by atoms with Crippen LogP contribution in [0.2, 0.25) is 0 Å². The standard InChI is InChI=1S/C28H35NO6/c1-4-5-6-7-12-21-13-10-14-22(17-21)16-20(3)26(31)25-23(30)18-24(35-27(25)32)19(2)11-8-9-15-29-28(33)34/h9-10,13-19,29-30H,4-8,11-12H2,1-3H3,(H,33,34). The number of unbranched alkanes of at least 4 members (excludes halogenated alkanes) is 3. The van der Waals surface area contributed by atoms with Gasteiger partial charge in [-0.25, -0.2) is 9.59 Å². The topological polar surface area (TPSA) is 117 Å². The Morgan fingerprint density at radius 1 is 1.17 bits per heavy atom. The summed E-state index contributed by atoms with van der Waals surface area (Å²) in [6, 6.07) is 9.27. The highest BCUT2D eigenvalue weighted by molar-refractivity contribution is 6.12. The average molecular weight is 482 g/mol. The van der Waals surface area contributed by atoms with Gasteiger partial charge >= 0.3 is 11.7 Å². The molecule has 0 aliphatic heterocycles. The highest BCUT2D eigenvalue weighted by Gasteiger charge is 2.22. The van der Waals surface area contributed by atoms with E-state index in [1.807, 2.05) is 25.1 Å². The first kappa shape index (κ1) is 27.6. The van der Waals surface area contributed by atoms with Gasteiger partial charge in [0.15, 0.2) is 5.78 Å². The van der Waals surface area contributed by atoms with Gasteiger partial charge in [0.05, 0.1) is 0 Å². The Morgan fingerprint density at radius 2 is 1.94 bits per heavy atom. The van der Waals surface area contributed by atoms with Crippen molar-refractivity contribution in [3.8, 4) is 5.75 Å². The second-order valence-corrected chi connectivity index (χ2v) is 8.74. The lowest BCUT2D eigenvalue weighted by atomic mass is 9.98. The van der Waals surface area contributed by atoms with Crippen molar-refractivity contribution in [3.63, 3.8) is 0 Å². The summed E-state index contributed by atoms with van der Waals surface area (Å²) >= 11 is 0. The number of allylic oxidation sites excluding steroid dienone is 2. The van der Waals surface area contributed by atoms with E-state index in [4.69, 9.17) is 9.52 Å². The first-order chi connectivity index (χ1) is 16.7. The second kappa shape index (κ2) is 13.9. The maximum atomic E-state index is 12.9. The molecular formula is C28H35NO6. The lowest BCUT2D eigenvalue weighted by molar-refractivity contribution is 0.102. The van der Waals surface area contributed by atoms with Gasteiger partial charge in [0.1, 0.15) is 17.1 Å². The number of hydrogen-bond acceptors (Lipinski definition) is 5. The van der Waals surface area contributed by atoms with Crippen LogP contribution in [0.4, 0.5) is 4.79 Å². The molecule has 188 valence electrons. The molecule has 0 saturated carbocycles. The Labute approximate surface area is 206 Å². The van der Waals surface area contributed by atoms with E-state index in [-0.39, 0.29) is 17.2 Å². The van der Waals surface area contributed by atoms with Crippen molar-refractivity contribution in [1.82, 2.24) is 5.32 Å². The highest BCUT2D eigenvalue weighted by Crippen LogP contribution is 2.26. The summed E-state index contributed by atoms with van der Waals surface area (Å²) in [5.41, 5.74) is 1.13. The molecule has 0 saturated heterocycles. The van der Waals surface area contributed by atoms with Crippen molar-refractivity contribution in [2.75, 3.05) is 0 Å². The molecule has 0 bridgehead atoms.